The van der Waals surface area contributed by atoms with Crippen LogP contribution in [0.2, 0.25) is 0 Å². The molecule has 1 aliphatic heterocycles. The van der Waals surface area contributed by atoms with Crippen LogP contribution < -0.4 is 14.0 Å². The zero-order chi connectivity index (χ0) is 31.8. The number of halogens is 1. The zero-order valence-electron chi connectivity index (χ0n) is 27.0. The van der Waals surface area contributed by atoms with Gasteiger partial charge in [-0.1, -0.05) is 90.4 Å². The second-order valence-electron chi connectivity index (χ2n) is 11.2. The molecule has 0 amide bonds. The molecule has 45 heavy (non-hydrogen) atoms. The number of benzene rings is 2. The molecule has 11 heteroatoms. The molecule has 0 fully saturated rings. The third-order valence-electron chi connectivity index (χ3n) is 7.35. The summed E-state index contributed by atoms with van der Waals surface area (Å²) in [6.45, 7) is 1.59. The van der Waals surface area contributed by atoms with Crippen molar-refractivity contribution in [1.82, 2.24) is 0 Å². The highest BCUT2D eigenvalue weighted by Gasteiger charge is 2.22. The Morgan fingerprint density at radius 3 is 1.73 bits per heavy atom. The summed E-state index contributed by atoms with van der Waals surface area (Å²) in [4.78, 5) is 0. The summed E-state index contributed by atoms with van der Waals surface area (Å²) in [6, 6.07) is 12.0. The van der Waals surface area contributed by atoms with Crippen LogP contribution in [0.5, 0.6) is 17.2 Å². The minimum atomic E-state index is -3.73. The Kier molecular flexibility index (Phi) is 19.2. The van der Waals surface area contributed by atoms with Crippen LogP contribution in [-0.4, -0.2) is 46.2 Å². The normalized spacial score (nSPS) is 15.7. The first-order chi connectivity index (χ1) is 22.1. The van der Waals surface area contributed by atoms with Gasteiger partial charge in [-0.25, -0.2) is 4.57 Å². The molecule has 1 unspecified atom stereocenters. The summed E-state index contributed by atoms with van der Waals surface area (Å²) in [6.07, 6.45) is 17.8. The molecule has 0 saturated heterocycles. The van der Waals surface area contributed by atoms with Gasteiger partial charge in [0.1, 0.15) is 19.0 Å². The minimum Gasteiger partial charge on any atom is -0.487 e. The number of hydrogen-bond acceptors (Lipinski definition) is 9. The average molecular weight is 667 g/mol. The third kappa shape index (κ3) is 17.4. The van der Waals surface area contributed by atoms with E-state index < -0.39 is 6.95 Å². The van der Waals surface area contributed by atoms with Gasteiger partial charge in [0.2, 0.25) is 0 Å². The number of fused-ring (bicyclic) bond motifs is 1. The summed E-state index contributed by atoms with van der Waals surface area (Å²) < 4.78 is 46.0. The first-order valence-corrected chi connectivity index (χ1v) is 19.2. The van der Waals surface area contributed by atoms with E-state index in [1.54, 1.807) is 42.5 Å². The van der Waals surface area contributed by atoms with E-state index in [2.05, 4.69) is 17.2 Å². The van der Waals surface area contributed by atoms with Crippen molar-refractivity contribution in [1.29, 1.82) is 0 Å². The van der Waals surface area contributed by atoms with E-state index in [-0.39, 0.29) is 0 Å². The lowest BCUT2D eigenvalue weighted by Gasteiger charge is -2.15. The van der Waals surface area contributed by atoms with E-state index in [0.717, 1.165) is 19.3 Å². The van der Waals surface area contributed by atoms with Gasteiger partial charge in [0, 0.05) is 17.3 Å². The average Bonchev–Trinajstić information content (AvgIpc) is 3.03. The third-order valence-corrected chi connectivity index (χ3v) is 8.76. The van der Waals surface area contributed by atoms with Gasteiger partial charge in [0.15, 0.2) is 11.5 Å². The van der Waals surface area contributed by atoms with E-state index in [4.69, 9.17) is 39.2 Å². The van der Waals surface area contributed by atoms with E-state index in [1.165, 1.54) is 70.6 Å². The number of hydrogen-bond donors (Lipinski definition) is 0. The maximum atomic E-state index is 12.6. The lowest BCUT2D eigenvalue weighted by atomic mass is 10.0. The van der Waals surface area contributed by atoms with Gasteiger partial charge in [-0.15, -0.1) is 0 Å². The van der Waals surface area contributed by atoms with Crippen LogP contribution in [0.4, 0.5) is 11.4 Å². The Bertz CT molecular complexity index is 1140. The molecule has 1 heterocycles. The van der Waals surface area contributed by atoms with Gasteiger partial charge in [-0.05, 0) is 42.8 Å². The fourth-order valence-electron chi connectivity index (χ4n) is 4.85. The van der Waals surface area contributed by atoms with Gasteiger partial charge in [0.25, 0.3) is 0 Å². The molecule has 0 saturated carbocycles. The predicted molar refractivity (Wildman–Crippen MR) is 180 cm³/mol. The molecule has 0 aromatic heterocycles. The number of rotatable bonds is 20. The van der Waals surface area contributed by atoms with Crippen molar-refractivity contribution < 1.29 is 32.6 Å². The predicted octanol–water partition coefficient (Wildman–Crippen LogP) is 11.1. The van der Waals surface area contributed by atoms with Crippen LogP contribution in [0, 0.1) is 0 Å². The smallest absolute Gasteiger partial charge is 0.476 e. The van der Waals surface area contributed by atoms with Crippen LogP contribution in [0.25, 0.3) is 0 Å². The number of nitrogens with zero attached hydrogens (tertiary/aromatic N) is 2. The van der Waals surface area contributed by atoms with Crippen molar-refractivity contribution in [2.75, 3.05) is 46.2 Å². The van der Waals surface area contributed by atoms with Crippen molar-refractivity contribution in [3.8, 4) is 17.2 Å². The summed E-state index contributed by atoms with van der Waals surface area (Å²) >= 11 is 6.06. The molecule has 0 aliphatic carbocycles. The van der Waals surface area contributed by atoms with E-state index >= 15 is 0 Å². The molecule has 1 atom stereocenters. The highest BCUT2D eigenvalue weighted by Crippen LogP contribution is 2.53. The van der Waals surface area contributed by atoms with Crippen molar-refractivity contribution in [2.24, 2.45) is 10.2 Å². The molecule has 9 nitrogen and oxygen atoms in total. The molecular formula is C34H52ClN2O7P. The SMILES string of the molecule is CCCCCCCCCCCCCCCCOP(=O)(Cl)Oc1ccc(N=Nc2ccc3c(c2)OCCOCCOCCO3)cc1. The van der Waals surface area contributed by atoms with Crippen LogP contribution in [0.15, 0.2) is 52.7 Å². The van der Waals surface area contributed by atoms with Crippen molar-refractivity contribution in [3.63, 3.8) is 0 Å². The Balaban J connectivity index is 1.30. The summed E-state index contributed by atoms with van der Waals surface area (Å²) in [5.41, 5.74) is 1.19. The van der Waals surface area contributed by atoms with E-state index in [9.17, 15) is 4.57 Å². The van der Waals surface area contributed by atoms with Crippen LogP contribution in [0.3, 0.4) is 0 Å². The summed E-state index contributed by atoms with van der Waals surface area (Å²) in [5, 5.41) is 8.59. The summed E-state index contributed by atoms with van der Waals surface area (Å²) in [5.74, 6) is 1.51. The van der Waals surface area contributed by atoms with Gasteiger partial charge in [-0.2, -0.15) is 10.2 Å². The first kappa shape index (κ1) is 37.3. The monoisotopic (exact) mass is 666 g/mol. The Morgan fingerprint density at radius 1 is 0.644 bits per heavy atom. The Morgan fingerprint density at radius 2 is 1.13 bits per heavy atom. The number of unbranched alkanes of at least 4 members (excludes halogenated alkanes) is 13. The second-order valence-corrected chi connectivity index (χ2v) is 13.7. The molecule has 0 bridgehead atoms. The van der Waals surface area contributed by atoms with Crippen molar-refractivity contribution in [3.05, 3.63) is 42.5 Å². The molecule has 3 rings (SSSR count). The molecule has 1 aliphatic rings. The highest BCUT2D eigenvalue weighted by molar-refractivity contribution is 7.81. The fourth-order valence-corrected chi connectivity index (χ4v) is 6.07. The van der Waals surface area contributed by atoms with E-state index in [0.29, 0.717) is 74.9 Å². The van der Waals surface area contributed by atoms with Crippen LogP contribution >= 0.6 is 18.2 Å². The molecular weight excluding hydrogens is 615 g/mol. The van der Waals surface area contributed by atoms with E-state index in [1.807, 2.05) is 0 Å². The standard InChI is InChI=1S/C34H52ClN2O7P/c1-2-3-4-5-6-7-8-9-10-11-12-13-14-15-22-43-45(35,38)44-32-19-16-30(17-20-32)36-37-31-18-21-33-34(29-31)42-28-26-40-24-23-39-25-27-41-33/h16-21,29H,2-15,22-28H2,1H3. The second kappa shape index (κ2) is 23.2. The highest BCUT2D eigenvalue weighted by atomic mass is 35.7. The molecule has 252 valence electrons. The van der Waals surface area contributed by atoms with Crippen molar-refractivity contribution in [2.45, 2.75) is 96.8 Å². The van der Waals surface area contributed by atoms with Gasteiger partial charge in [0.05, 0.1) is 44.4 Å². The van der Waals surface area contributed by atoms with Crippen LogP contribution in [-0.2, 0) is 18.6 Å². The maximum Gasteiger partial charge on any atom is 0.476 e. The molecule has 2 aromatic carbocycles. The van der Waals surface area contributed by atoms with Gasteiger partial charge < -0.3 is 23.5 Å². The topological polar surface area (TPSA) is 97.2 Å². The minimum absolute atomic E-state index is 0.307. The fraction of sp³-hybridized carbons (Fsp3) is 0.647. The number of azo groups is 1. The first-order valence-electron chi connectivity index (χ1n) is 16.8. The quantitative estimate of drug-likeness (QED) is 0.0787. The Labute approximate surface area is 274 Å². The lowest BCUT2D eigenvalue weighted by molar-refractivity contribution is 0.0223. The molecule has 0 spiro atoms. The number of ether oxygens (including phenoxy) is 4. The van der Waals surface area contributed by atoms with Crippen LogP contribution in [0.1, 0.15) is 96.8 Å². The zero-order valence-corrected chi connectivity index (χ0v) is 28.6. The lowest BCUT2D eigenvalue weighted by Crippen LogP contribution is -2.15. The molecule has 0 radical (unpaired) electrons. The van der Waals surface area contributed by atoms with Gasteiger partial charge in [-0.3, -0.25) is 4.52 Å². The summed E-state index contributed by atoms with van der Waals surface area (Å²) in [7, 11) is 0. The van der Waals surface area contributed by atoms with Gasteiger partial charge >= 0.3 is 6.95 Å². The Hall–Kier alpha value is -2.16. The largest absolute Gasteiger partial charge is 0.487 e. The molecule has 2 aromatic rings. The maximum absolute atomic E-state index is 12.6. The molecule has 0 N–H and O–H groups in total. The van der Waals surface area contributed by atoms with Crippen molar-refractivity contribution >= 4 is 29.6 Å².